The van der Waals surface area contributed by atoms with Crippen molar-refractivity contribution in [2.24, 2.45) is 0 Å². The Kier molecular flexibility index (Phi) is 5.54. The Morgan fingerprint density at radius 1 is 1.21 bits per heavy atom. The molecule has 7 heteroatoms. The Morgan fingerprint density at radius 3 is 2.57 bits per heavy atom. The molecule has 1 heterocycles. The predicted molar refractivity (Wildman–Crippen MR) is 104 cm³/mol. The van der Waals surface area contributed by atoms with Crippen LogP contribution in [0.4, 0.5) is 20.6 Å². The maximum absolute atomic E-state index is 13.3. The number of halogens is 1. The SMILES string of the molecule is C=CCN1C(=O)N(c2ccc(C)cc2)C(=O)[C@H]1CC(=O)Nc1cccc(F)c1. The number of anilines is 2. The largest absolute Gasteiger partial charge is 0.332 e. The minimum Gasteiger partial charge on any atom is -0.326 e. The number of urea groups is 1. The standard InChI is InChI=1S/C21H20FN3O3/c1-3-11-24-18(13-19(26)23-16-6-4-5-15(22)12-16)20(27)25(21(24)28)17-9-7-14(2)8-10-17/h3-10,12,18H,1,11,13H2,2H3,(H,23,26)/t18-/m1/s1. The van der Waals surface area contributed by atoms with Gasteiger partial charge in [-0.05, 0) is 37.3 Å². The molecule has 0 aromatic heterocycles. The molecule has 1 aliphatic rings. The van der Waals surface area contributed by atoms with Gasteiger partial charge in [-0.2, -0.15) is 0 Å². The molecule has 0 radical (unpaired) electrons. The summed E-state index contributed by atoms with van der Waals surface area (Å²) in [4.78, 5) is 40.5. The van der Waals surface area contributed by atoms with Gasteiger partial charge in [0.1, 0.15) is 11.9 Å². The third-order valence-corrected chi connectivity index (χ3v) is 4.42. The van der Waals surface area contributed by atoms with Crippen molar-refractivity contribution < 1.29 is 18.8 Å². The Balaban J connectivity index is 1.80. The Morgan fingerprint density at radius 2 is 1.93 bits per heavy atom. The van der Waals surface area contributed by atoms with Gasteiger partial charge >= 0.3 is 6.03 Å². The highest BCUT2D eigenvalue weighted by Gasteiger charge is 2.46. The quantitative estimate of drug-likeness (QED) is 0.615. The monoisotopic (exact) mass is 381 g/mol. The van der Waals surface area contributed by atoms with Gasteiger partial charge in [-0.25, -0.2) is 14.1 Å². The first kappa shape index (κ1) is 19.3. The van der Waals surface area contributed by atoms with Crippen LogP contribution in [0.25, 0.3) is 0 Å². The number of carbonyl (C=O) groups is 3. The molecule has 2 aromatic carbocycles. The highest BCUT2D eigenvalue weighted by molar-refractivity contribution is 6.22. The summed E-state index contributed by atoms with van der Waals surface area (Å²) in [6.45, 7) is 5.65. The molecule has 2 aromatic rings. The van der Waals surface area contributed by atoms with Crippen LogP contribution in [-0.2, 0) is 9.59 Å². The third kappa shape index (κ3) is 3.93. The van der Waals surface area contributed by atoms with E-state index in [0.29, 0.717) is 5.69 Å². The second-order valence-electron chi connectivity index (χ2n) is 6.51. The molecule has 4 amide bonds. The average molecular weight is 381 g/mol. The van der Waals surface area contributed by atoms with Gasteiger partial charge in [-0.15, -0.1) is 6.58 Å². The number of benzene rings is 2. The van der Waals surface area contributed by atoms with Crippen molar-refractivity contribution in [3.8, 4) is 0 Å². The molecule has 0 saturated carbocycles. The van der Waals surface area contributed by atoms with Gasteiger partial charge in [0, 0.05) is 12.2 Å². The van der Waals surface area contributed by atoms with Crippen LogP contribution < -0.4 is 10.2 Å². The average Bonchev–Trinajstić information content (AvgIpc) is 2.87. The first-order valence-corrected chi connectivity index (χ1v) is 8.78. The molecule has 6 nitrogen and oxygen atoms in total. The lowest BCUT2D eigenvalue weighted by molar-refractivity contribution is -0.124. The van der Waals surface area contributed by atoms with Gasteiger partial charge in [0.15, 0.2) is 0 Å². The van der Waals surface area contributed by atoms with Crippen molar-refractivity contribution in [1.82, 2.24) is 4.90 Å². The molecule has 1 N–H and O–H groups in total. The molecule has 0 spiro atoms. The van der Waals surface area contributed by atoms with Crippen LogP contribution in [0.5, 0.6) is 0 Å². The smallest absolute Gasteiger partial charge is 0.326 e. The number of amides is 4. The molecule has 3 rings (SSSR count). The number of aryl methyl sites for hydroxylation is 1. The van der Waals surface area contributed by atoms with E-state index in [1.165, 1.54) is 29.2 Å². The number of nitrogens with zero attached hydrogens (tertiary/aromatic N) is 2. The molecule has 1 atom stereocenters. The number of carbonyl (C=O) groups excluding carboxylic acids is 3. The second-order valence-corrected chi connectivity index (χ2v) is 6.51. The van der Waals surface area contributed by atoms with Gasteiger partial charge in [0.25, 0.3) is 5.91 Å². The number of rotatable bonds is 6. The zero-order chi connectivity index (χ0) is 20.3. The van der Waals surface area contributed by atoms with Crippen LogP contribution in [0.3, 0.4) is 0 Å². The number of nitrogens with one attached hydrogen (secondary N) is 1. The van der Waals surface area contributed by atoms with Crippen molar-refractivity contribution in [2.45, 2.75) is 19.4 Å². The van der Waals surface area contributed by atoms with Crippen molar-refractivity contribution >= 4 is 29.2 Å². The van der Waals surface area contributed by atoms with Crippen molar-refractivity contribution in [3.63, 3.8) is 0 Å². The first-order chi connectivity index (χ1) is 13.4. The van der Waals surface area contributed by atoms with Crippen LogP contribution in [0.2, 0.25) is 0 Å². The van der Waals surface area contributed by atoms with Crippen molar-refractivity contribution in [1.29, 1.82) is 0 Å². The van der Waals surface area contributed by atoms with Gasteiger partial charge in [0.05, 0.1) is 12.1 Å². The van der Waals surface area contributed by atoms with Crippen molar-refractivity contribution in [3.05, 3.63) is 72.6 Å². The van der Waals surface area contributed by atoms with E-state index in [9.17, 15) is 18.8 Å². The maximum atomic E-state index is 13.3. The zero-order valence-electron chi connectivity index (χ0n) is 15.4. The maximum Gasteiger partial charge on any atom is 0.332 e. The summed E-state index contributed by atoms with van der Waals surface area (Å²) in [5.74, 6) is -1.45. The van der Waals surface area contributed by atoms with E-state index in [1.807, 2.05) is 6.92 Å². The molecule has 0 aliphatic carbocycles. The van der Waals surface area contributed by atoms with E-state index in [4.69, 9.17) is 0 Å². The summed E-state index contributed by atoms with van der Waals surface area (Å²) >= 11 is 0. The van der Waals surface area contributed by atoms with Crippen LogP contribution in [-0.4, -0.2) is 35.3 Å². The van der Waals surface area contributed by atoms with Crippen LogP contribution in [0.15, 0.2) is 61.2 Å². The number of imide groups is 1. The highest BCUT2D eigenvalue weighted by Crippen LogP contribution is 2.27. The van der Waals surface area contributed by atoms with Gasteiger partial charge < -0.3 is 10.2 Å². The topological polar surface area (TPSA) is 69.7 Å². The number of hydrogen-bond acceptors (Lipinski definition) is 3. The van der Waals surface area contributed by atoms with Crippen LogP contribution >= 0.6 is 0 Å². The molecule has 28 heavy (non-hydrogen) atoms. The van der Waals surface area contributed by atoms with Crippen molar-refractivity contribution in [2.75, 3.05) is 16.8 Å². The lowest BCUT2D eigenvalue weighted by Crippen LogP contribution is -2.38. The molecule has 0 unspecified atom stereocenters. The minimum absolute atomic E-state index is 0.130. The molecular formula is C21H20FN3O3. The van der Waals surface area contributed by atoms with Crippen LogP contribution in [0, 0.1) is 12.7 Å². The Bertz CT molecular complexity index is 927. The summed E-state index contributed by atoms with van der Waals surface area (Å²) in [6.07, 6.45) is 1.26. The molecule has 1 fully saturated rings. The lowest BCUT2D eigenvalue weighted by Gasteiger charge is -2.19. The fourth-order valence-electron chi connectivity index (χ4n) is 3.07. The van der Waals surface area contributed by atoms with E-state index in [1.54, 1.807) is 30.3 Å². The summed E-state index contributed by atoms with van der Waals surface area (Å²) < 4.78 is 13.3. The normalized spacial score (nSPS) is 16.4. The second kappa shape index (κ2) is 8.04. The Hall–Kier alpha value is -3.48. The summed E-state index contributed by atoms with van der Waals surface area (Å²) in [5, 5.41) is 2.56. The van der Waals surface area contributed by atoms with E-state index in [-0.39, 0.29) is 18.7 Å². The van der Waals surface area contributed by atoms with Gasteiger partial charge in [0.2, 0.25) is 5.91 Å². The molecule has 0 bridgehead atoms. The van der Waals surface area contributed by atoms with E-state index in [0.717, 1.165) is 10.5 Å². The zero-order valence-corrected chi connectivity index (χ0v) is 15.4. The van der Waals surface area contributed by atoms with Gasteiger partial charge in [-0.1, -0.05) is 29.8 Å². The third-order valence-electron chi connectivity index (χ3n) is 4.42. The fraction of sp³-hybridized carbons (Fsp3) is 0.190. The molecule has 1 aliphatic heterocycles. The predicted octanol–water partition coefficient (Wildman–Crippen LogP) is 3.49. The molecule has 1 saturated heterocycles. The van der Waals surface area contributed by atoms with E-state index in [2.05, 4.69) is 11.9 Å². The molecular weight excluding hydrogens is 361 g/mol. The first-order valence-electron chi connectivity index (χ1n) is 8.78. The van der Waals surface area contributed by atoms with Gasteiger partial charge in [-0.3, -0.25) is 9.59 Å². The minimum atomic E-state index is -0.958. The lowest BCUT2D eigenvalue weighted by atomic mass is 10.1. The number of hydrogen-bond donors (Lipinski definition) is 1. The summed E-state index contributed by atoms with van der Waals surface area (Å²) in [7, 11) is 0. The summed E-state index contributed by atoms with van der Waals surface area (Å²) in [5.41, 5.74) is 1.73. The molecule has 144 valence electrons. The Labute approximate surface area is 162 Å². The van der Waals surface area contributed by atoms with Crippen LogP contribution in [0.1, 0.15) is 12.0 Å². The van der Waals surface area contributed by atoms with E-state index < -0.39 is 29.7 Å². The fourth-order valence-corrected chi connectivity index (χ4v) is 3.07. The van der Waals surface area contributed by atoms with E-state index >= 15 is 0 Å². The summed E-state index contributed by atoms with van der Waals surface area (Å²) in [6, 6.07) is 11.0. The highest BCUT2D eigenvalue weighted by atomic mass is 19.1.